The summed E-state index contributed by atoms with van der Waals surface area (Å²) < 4.78 is 5.18. The van der Waals surface area contributed by atoms with Crippen molar-refractivity contribution >= 4 is 35.3 Å². The molecule has 0 fully saturated rings. The van der Waals surface area contributed by atoms with Crippen LogP contribution in [0.2, 0.25) is 5.02 Å². The van der Waals surface area contributed by atoms with Crippen molar-refractivity contribution in [2.75, 3.05) is 33.8 Å². The van der Waals surface area contributed by atoms with Crippen LogP contribution in [0.3, 0.4) is 0 Å². The number of benzene rings is 2. The zero-order valence-electron chi connectivity index (χ0n) is 19.6. The molecule has 2 aromatic rings. The number of carbonyl (C=O) groups excluding carboxylic acids is 2. The topological polar surface area (TPSA) is 133 Å². The molecule has 1 atom stereocenters. The van der Waals surface area contributed by atoms with Crippen molar-refractivity contribution in [2.24, 2.45) is 10.8 Å². The molecule has 5 N–H and O–H groups in total. The maximum atomic E-state index is 12.6. The SMILES string of the molecule is CCc1ccc(C(C=NC)NC(=O)C(=N)CN(N)CCNC(=O)c2ccc(Cl)cc2OC)cc1. The van der Waals surface area contributed by atoms with Crippen molar-refractivity contribution in [3.8, 4) is 5.75 Å². The molecule has 0 aliphatic carbocycles. The van der Waals surface area contributed by atoms with Gasteiger partial charge in [0.25, 0.3) is 11.8 Å². The monoisotopic (exact) mass is 486 g/mol. The van der Waals surface area contributed by atoms with E-state index in [9.17, 15) is 9.59 Å². The third-order valence-corrected chi connectivity index (χ3v) is 5.29. The summed E-state index contributed by atoms with van der Waals surface area (Å²) in [6.45, 7) is 2.43. The Kier molecular flexibility index (Phi) is 10.7. The van der Waals surface area contributed by atoms with E-state index in [1.807, 2.05) is 24.3 Å². The number of aliphatic imine (C=N–C) groups is 1. The van der Waals surface area contributed by atoms with E-state index in [2.05, 4.69) is 22.5 Å². The smallest absolute Gasteiger partial charge is 0.267 e. The van der Waals surface area contributed by atoms with E-state index in [4.69, 9.17) is 27.6 Å². The van der Waals surface area contributed by atoms with Crippen molar-refractivity contribution in [1.82, 2.24) is 15.6 Å². The van der Waals surface area contributed by atoms with Gasteiger partial charge >= 0.3 is 0 Å². The Morgan fingerprint density at radius 3 is 2.59 bits per heavy atom. The Morgan fingerprint density at radius 2 is 1.97 bits per heavy atom. The van der Waals surface area contributed by atoms with Gasteiger partial charge < -0.3 is 15.4 Å². The Hall–Kier alpha value is -3.27. The summed E-state index contributed by atoms with van der Waals surface area (Å²) in [4.78, 5) is 29.0. The minimum absolute atomic E-state index is 0.0866. The van der Waals surface area contributed by atoms with Gasteiger partial charge in [-0.3, -0.25) is 25.8 Å². The number of hydrazine groups is 1. The number of amides is 2. The summed E-state index contributed by atoms with van der Waals surface area (Å²) in [6, 6.07) is 12.1. The van der Waals surface area contributed by atoms with Crippen LogP contribution >= 0.6 is 11.6 Å². The second-order valence-electron chi connectivity index (χ2n) is 7.50. The summed E-state index contributed by atoms with van der Waals surface area (Å²) in [7, 11) is 3.08. The molecular formula is C24H31ClN6O3. The Balaban J connectivity index is 1.85. The Labute approximate surface area is 204 Å². The summed E-state index contributed by atoms with van der Waals surface area (Å²) in [5.74, 6) is 5.41. The Bertz CT molecular complexity index is 1030. The number of aryl methyl sites for hydroxylation is 1. The molecule has 0 aliphatic heterocycles. The number of ether oxygens (including phenoxy) is 1. The molecule has 0 spiro atoms. The van der Waals surface area contributed by atoms with Gasteiger partial charge in [-0.2, -0.15) is 0 Å². The highest BCUT2D eigenvalue weighted by Gasteiger charge is 2.18. The maximum absolute atomic E-state index is 12.6. The molecule has 10 heteroatoms. The largest absolute Gasteiger partial charge is 0.496 e. The predicted octanol–water partition coefficient (Wildman–Crippen LogP) is 2.39. The lowest BCUT2D eigenvalue weighted by Crippen LogP contribution is -2.46. The van der Waals surface area contributed by atoms with E-state index in [1.54, 1.807) is 31.5 Å². The second kappa shape index (κ2) is 13.4. The van der Waals surface area contributed by atoms with Gasteiger partial charge in [-0.1, -0.05) is 42.8 Å². The number of hydrogen-bond donors (Lipinski definition) is 4. The zero-order chi connectivity index (χ0) is 25.1. The van der Waals surface area contributed by atoms with Gasteiger partial charge in [-0.05, 0) is 35.7 Å². The zero-order valence-corrected chi connectivity index (χ0v) is 20.4. The van der Waals surface area contributed by atoms with Gasteiger partial charge in [0.05, 0.1) is 25.3 Å². The van der Waals surface area contributed by atoms with E-state index in [0.29, 0.717) is 16.3 Å². The van der Waals surface area contributed by atoms with E-state index >= 15 is 0 Å². The fourth-order valence-electron chi connectivity index (χ4n) is 3.16. The molecule has 0 heterocycles. The van der Waals surface area contributed by atoms with Crippen molar-refractivity contribution in [2.45, 2.75) is 19.4 Å². The summed E-state index contributed by atoms with van der Waals surface area (Å²) in [5, 5.41) is 15.4. The van der Waals surface area contributed by atoms with Crippen LogP contribution in [0.1, 0.15) is 34.5 Å². The van der Waals surface area contributed by atoms with Crippen LogP contribution < -0.4 is 21.2 Å². The van der Waals surface area contributed by atoms with Crippen LogP contribution in [0.15, 0.2) is 47.5 Å². The number of nitrogens with one attached hydrogen (secondary N) is 3. The molecular weight excluding hydrogens is 456 g/mol. The minimum atomic E-state index is -0.546. The molecule has 0 saturated carbocycles. The second-order valence-corrected chi connectivity index (χ2v) is 7.94. The van der Waals surface area contributed by atoms with Crippen LogP contribution in [-0.4, -0.2) is 62.5 Å². The van der Waals surface area contributed by atoms with Crippen LogP contribution in [0.4, 0.5) is 0 Å². The third-order valence-electron chi connectivity index (χ3n) is 5.06. The van der Waals surface area contributed by atoms with Crippen molar-refractivity contribution in [1.29, 1.82) is 5.41 Å². The van der Waals surface area contributed by atoms with Crippen molar-refractivity contribution in [3.63, 3.8) is 0 Å². The number of carbonyl (C=O) groups is 2. The fourth-order valence-corrected chi connectivity index (χ4v) is 3.32. The van der Waals surface area contributed by atoms with Gasteiger partial charge in [0, 0.05) is 31.4 Å². The van der Waals surface area contributed by atoms with Gasteiger partial charge in [0.2, 0.25) is 0 Å². The highest BCUT2D eigenvalue weighted by molar-refractivity contribution is 6.38. The molecule has 0 aromatic heterocycles. The first-order chi connectivity index (χ1) is 16.3. The van der Waals surface area contributed by atoms with Crippen LogP contribution in [0, 0.1) is 5.41 Å². The molecule has 0 saturated heterocycles. The van der Waals surface area contributed by atoms with Gasteiger partial charge in [-0.15, -0.1) is 0 Å². The number of rotatable bonds is 12. The van der Waals surface area contributed by atoms with E-state index < -0.39 is 11.9 Å². The molecule has 2 aromatic carbocycles. The van der Waals surface area contributed by atoms with Crippen LogP contribution in [0.25, 0.3) is 0 Å². The summed E-state index contributed by atoms with van der Waals surface area (Å²) in [6.07, 6.45) is 2.54. The first-order valence-electron chi connectivity index (χ1n) is 10.8. The first-order valence-corrected chi connectivity index (χ1v) is 11.2. The molecule has 2 rings (SSSR count). The highest BCUT2D eigenvalue weighted by Crippen LogP contribution is 2.22. The predicted molar refractivity (Wildman–Crippen MR) is 135 cm³/mol. The van der Waals surface area contributed by atoms with Crippen LogP contribution in [-0.2, 0) is 11.2 Å². The average molecular weight is 487 g/mol. The minimum Gasteiger partial charge on any atom is -0.496 e. The molecule has 182 valence electrons. The molecule has 9 nitrogen and oxygen atoms in total. The molecule has 1 unspecified atom stereocenters. The number of nitrogens with zero attached hydrogens (tertiary/aromatic N) is 2. The molecule has 0 radical (unpaired) electrons. The maximum Gasteiger partial charge on any atom is 0.267 e. The average Bonchev–Trinajstić information content (AvgIpc) is 2.83. The number of methoxy groups -OCH3 is 1. The number of halogens is 1. The van der Waals surface area contributed by atoms with Crippen molar-refractivity contribution < 1.29 is 14.3 Å². The quantitative estimate of drug-likeness (QED) is 0.208. The molecule has 0 bridgehead atoms. The summed E-state index contributed by atoms with van der Waals surface area (Å²) in [5.41, 5.74) is 2.20. The van der Waals surface area contributed by atoms with E-state index in [0.717, 1.165) is 12.0 Å². The van der Waals surface area contributed by atoms with Crippen LogP contribution in [0.5, 0.6) is 5.75 Å². The normalized spacial score (nSPS) is 11.9. The third kappa shape index (κ3) is 7.95. The lowest BCUT2D eigenvalue weighted by atomic mass is 10.0. The fraction of sp³-hybridized carbons (Fsp3) is 0.333. The molecule has 2 amide bonds. The molecule has 34 heavy (non-hydrogen) atoms. The van der Waals surface area contributed by atoms with E-state index in [1.165, 1.54) is 17.7 Å². The van der Waals surface area contributed by atoms with Gasteiger partial charge in [0.15, 0.2) is 0 Å². The standard InChI is InChI=1S/C24H31ClN6O3/c1-4-16-5-7-17(8-6-16)21(14-28-2)30-24(33)20(26)15-31(27)12-11-29-23(32)19-10-9-18(25)13-22(19)34-3/h5-10,13-14,21,26H,4,11-12,15,27H2,1-3H3,(H,29,32)(H,30,33). The lowest BCUT2D eigenvalue weighted by molar-refractivity contribution is -0.115. The Morgan fingerprint density at radius 1 is 1.26 bits per heavy atom. The summed E-state index contributed by atoms with van der Waals surface area (Å²) >= 11 is 5.92. The van der Waals surface area contributed by atoms with Crippen molar-refractivity contribution in [3.05, 3.63) is 64.2 Å². The van der Waals surface area contributed by atoms with E-state index in [-0.39, 0.29) is 31.3 Å². The highest BCUT2D eigenvalue weighted by atomic mass is 35.5. The number of hydrogen-bond acceptors (Lipinski definition) is 7. The van der Waals surface area contributed by atoms with Gasteiger partial charge in [-0.25, -0.2) is 5.01 Å². The number of nitrogens with two attached hydrogens (primary N) is 1. The van der Waals surface area contributed by atoms with Gasteiger partial charge in [0.1, 0.15) is 11.5 Å². The lowest BCUT2D eigenvalue weighted by Gasteiger charge is -2.19. The first kappa shape index (κ1) is 27.0. The molecule has 0 aliphatic rings.